The third-order valence-electron chi connectivity index (χ3n) is 2.88. The Morgan fingerprint density at radius 1 is 1.58 bits per heavy atom. The van der Waals surface area contributed by atoms with Gasteiger partial charge in [-0.2, -0.15) is 0 Å². The summed E-state index contributed by atoms with van der Waals surface area (Å²) in [7, 11) is 3.34. The fraction of sp³-hybridized carbons (Fsp3) is 0.417. The zero-order valence-electron chi connectivity index (χ0n) is 11.0. The smallest absolute Gasteiger partial charge is 0.342 e. The van der Waals surface area contributed by atoms with Crippen LogP contribution in [-0.4, -0.2) is 42.8 Å². The van der Waals surface area contributed by atoms with Gasteiger partial charge < -0.3 is 14.7 Å². The van der Waals surface area contributed by atoms with Gasteiger partial charge in [0.05, 0.1) is 11.5 Å². The van der Waals surface area contributed by atoms with Crippen LogP contribution in [-0.2, 0) is 4.74 Å². The Kier molecular flexibility index (Phi) is 4.82. The standard InChI is InChI=1S/C12H16N2O5/c1-8(7-19-3)13(2)9-4-5-10(12(15)16)11(6-9)14(17)18/h4-6,8H,7H2,1-3H3,(H,15,16). The van der Waals surface area contributed by atoms with Crippen molar-refractivity contribution in [1.82, 2.24) is 0 Å². The first-order valence-electron chi connectivity index (χ1n) is 5.62. The molecule has 0 fully saturated rings. The van der Waals surface area contributed by atoms with Gasteiger partial charge >= 0.3 is 5.97 Å². The third kappa shape index (κ3) is 3.41. The summed E-state index contributed by atoms with van der Waals surface area (Å²) in [6.07, 6.45) is 0. The van der Waals surface area contributed by atoms with Gasteiger partial charge in [0.15, 0.2) is 0 Å². The van der Waals surface area contributed by atoms with Gasteiger partial charge in [0.2, 0.25) is 0 Å². The molecule has 0 amide bonds. The van der Waals surface area contributed by atoms with Gasteiger partial charge in [-0.1, -0.05) is 0 Å². The number of carboxylic acid groups (broad SMARTS) is 1. The Morgan fingerprint density at radius 2 is 2.21 bits per heavy atom. The SMILES string of the molecule is COCC(C)N(C)c1ccc(C(=O)O)c([N+](=O)[O-])c1. The van der Waals surface area contributed by atoms with Gasteiger partial charge in [-0.15, -0.1) is 0 Å². The molecule has 1 aromatic rings. The second-order valence-corrected chi connectivity index (χ2v) is 4.18. The van der Waals surface area contributed by atoms with Crippen molar-refractivity contribution in [3.05, 3.63) is 33.9 Å². The zero-order valence-corrected chi connectivity index (χ0v) is 11.0. The average molecular weight is 268 g/mol. The van der Waals surface area contributed by atoms with Gasteiger partial charge in [0.1, 0.15) is 5.56 Å². The van der Waals surface area contributed by atoms with Crippen LogP contribution in [0.3, 0.4) is 0 Å². The molecule has 0 heterocycles. The lowest BCUT2D eigenvalue weighted by molar-refractivity contribution is -0.385. The molecule has 0 bridgehead atoms. The van der Waals surface area contributed by atoms with Crippen LogP contribution >= 0.6 is 0 Å². The summed E-state index contributed by atoms with van der Waals surface area (Å²) in [4.78, 5) is 22.9. The predicted octanol–water partition coefficient (Wildman–Crippen LogP) is 1.76. The van der Waals surface area contributed by atoms with E-state index in [1.165, 1.54) is 12.1 Å². The Labute approximate surface area is 110 Å². The number of hydrogen-bond acceptors (Lipinski definition) is 5. The van der Waals surface area contributed by atoms with Gasteiger partial charge in [-0.05, 0) is 19.1 Å². The summed E-state index contributed by atoms with van der Waals surface area (Å²) < 4.78 is 5.02. The molecule has 1 unspecified atom stereocenters. The number of hydrogen-bond donors (Lipinski definition) is 1. The number of ether oxygens (including phenoxy) is 1. The summed E-state index contributed by atoms with van der Waals surface area (Å²) in [5.74, 6) is -1.31. The summed E-state index contributed by atoms with van der Waals surface area (Å²) in [5.41, 5.74) is -0.163. The van der Waals surface area contributed by atoms with E-state index in [4.69, 9.17) is 9.84 Å². The molecular formula is C12H16N2O5. The van der Waals surface area contributed by atoms with E-state index in [0.717, 1.165) is 0 Å². The predicted molar refractivity (Wildman–Crippen MR) is 69.8 cm³/mol. The summed E-state index contributed by atoms with van der Waals surface area (Å²) in [6, 6.07) is 4.06. The monoisotopic (exact) mass is 268 g/mol. The van der Waals surface area contributed by atoms with Crippen molar-refractivity contribution in [3.8, 4) is 0 Å². The maximum absolute atomic E-state index is 10.9. The molecule has 0 saturated carbocycles. The molecule has 1 atom stereocenters. The molecule has 0 spiro atoms. The molecule has 7 nitrogen and oxygen atoms in total. The number of likely N-dealkylation sites (N-methyl/N-ethyl adjacent to an activating group) is 1. The number of anilines is 1. The lowest BCUT2D eigenvalue weighted by Gasteiger charge is -2.26. The van der Waals surface area contributed by atoms with E-state index in [-0.39, 0.29) is 11.6 Å². The number of nitro benzene ring substituents is 1. The Morgan fingerprint density at radius 3 is 2.68 bits per heavy atom. The minimum absolute atomic E-state index is 0.0142. The molecule has 7 heteroatoms. The number of nitro groups is 1. The maximum Gasteiger partial charge on any atom is 0.342 e. The second-order valence-electron chi connectivity index (χ2n) is 4.18. The number of carboxylic acids is 1. The molecule has 1 N–H and O–H groups in total. The van der Waals surface area contributed by atoms with E-state index < -0.39 is 16.6 Å². The number of rotatable bonds is 6. The van der Waals surface area contributed by atoms with E-state index in [1.807, 2.05) is 6.92 Å². The number of methoxy groups -OCH3 is 1. The molecule has 0 saturated heterocycles. The number of benzene rings is 1. The maximum atomic E-state index is 10.9. The van der Waals surface area contributed by atoms with Crippen molar-refractivity contribution in [3.63, 3.8) is 0 Å². The van der Waals surface area contributed by atoms with E-state index in [2.05, 4.69) is 0 Å². The van der Waals surface area contributed by atoms with Crippen molar-refractivity contribution in [2.24, 2.45) is 0 Å². The van der Waals surface area contributed by atoms with Crippen LogP contribution in [0.15, 0.2) is 18.2 Å². The fourth-order valence-electron chi connectivity index (χ4n) is 1.68. The molecule has 1 aromatic carbocycles. The molecule has 0 aliphatic carbocycles. The summed E-state index contributed by atoms with van der Waals surface area (Å²) in [6.45, 7) is 2.37. The van der Waals surface area contributed by atoms with Crippen LogP contribution in [0.25, 0.3) is 0 Å². The highest BCUT2D eigenvalue weighted by Gasteiger charge is 2.22. The highest BCUT2D eigenvalue weighted by molar-refractivity contribution is 5.93. The average Bonchev–Trinajstić information content (AvgIpc) is 2.37. The molecule has 1 rings (SSSR count). The van der Waals surface area contributed by atoms with Crippen LogP contribution in [0, 0.1) is 10.1 Å². The molecule has 19 heavy (non-hydrogen) atoms. The summed E-state index contributed by atoms with van der Waals surface area (Å²) in [5, 5.41) is 19.8. The van der Waals surface area contributed by atoms with Crippen LogP contribution in [0.1, 0.15) is 17.3 Å². The molecule has 0 aromatic heterocycles. The van der Waals surface area contributed by atoms with E-state index in [0.29, 0.717) is 12.3 Å². The summed E-state index contributed by atoms with van der Waals surface area (Å²) >= 11 is 0. The Bertz CT molecular complexity index is 489. The van der Waals surface area contributed by atoms with Gasteiger partial charge in [0.25, 0.3) is 5.69 Å². The van der Waals surface area contributed by atoms with Crippen LogP contribution < -0.4 is 4.90 Å². The van der Waals surface area contributed by atoms with E-state index in [9.17, 15) is 14.9 Å². The second kappa shape index (κ2) is 6.14. The minimum Gasteiger partial charge on any atom is -0.477 e. The molecular weight excluding hydrogens is 252 g/mol. The Balaban J connectivity index is 3.15. The first-order valence-corrected chi connectivity index (χ1v) is 5.62. The fourth-order valence-corrected chi connectivity index (χ4v) is 1.68. The third-order valence-corrected chi connectivity index (χ3v) is 2.88. The van der Waals surface area contributed by atoms with Crippen molar-refractivity contribution in [1.29, 1.82) is 0 Å². The van der Waals surface area contributed by atoms with Crippen LogP contribution in [0.5, 0.6) is 0 Å². The zero-order chi connectivity index (χ0) is 14.6. The van der Waals surface area contributed by atoms with Gasteiger partial charge in [-0.3, -0.25) is 10.1 Å². The number of nitrogens with zero attached hydrogens (tertiary/aromatic N) is 2. The Hall–Kier alpha value is -2.15. The van der Waals surface area contributed by atoms with Crippen molar-refractivity contribution in [2.45, 2.75) is 13.0 Å². The minimum atomic E-state index is -1.31. The topological polar surface area (TPSA) is 92.9 Å². The molecule has 104 valence electrons. The van der Waals surface area contributed by atoms with E-state index in [1.54, 1.807) is 25.1 Å². The first kappa shape index (κ1) is 14.9. The van der Waals surface area contributed by atoms with Crippen molar-refractivity contribution in [2.75, 3.05) is 25.7 Å². The quantitative estimate of drug-likeness (QED) is 0.624. The van der Waals surface area contributed by atoms with Gasteiger partial charge in [0, 0.05) is 32.0 Å². The van der Waals surface area contributed by atoms with Crippen molar-refractivity contribution >= 4 is 17.3 Å². The van der Waals surface area contributed by atoms with Crippen molar-refractivity contribution < 1.29 is 19.6 Å². The molecule has 0 aliphatic heterocycles. The lowest BCUT2D eigenvalue weighted by Crippen LogP contribution is -2.32. The normalized spacial score (nSPS) is 11.9. The van der Waals surface area contributed by atoms with Crippen LogP contribution in [0.4, 0.5) is 11.4 Å². The largest absolute Gasteiger partial charge is 0.477 e. The lowest BCUT2D eigenvalue weighted by atomic mass is 10.1. The highest BCUT2D eigenvalue weighted by Crippen LogP contribution is 2.26. The van der Waals surface area contributed by atoms with Crippen LogP contribution in [0.2, 0.25) is 0 Å². The van der Waals surface area contributed by atoms with Gasteiger partial charge in [-0.25, -0.2) is 4.79 Å². The number of carbonyl (C=O) groups is 1. The molecule has 0 aliphatic rings. The van der Waals surface area contributed by atoms with E-state index >= 15 is 0 Å². The molecule has 0 radical (unpaired) electrons. The number of aromatic carboxylic acids is 1. The first-order chi connectivity index (χ1) is 8.88. The highest BCUT2D eigenvalue weighted by atomic mass is 16.6.